The standard InChI is InChI=1S/C22H19ClN2O4/c1-25-9-8-24-21(25)14-29-17-5-3-16(4-6-17)19(26)7-2-15-12-18(23)22-20(13-15)27-10-11-28-22/h2-9,12-13H,10-11,14H2,1H3/b7-2+. The molecule has 0 radical (unpaired) electrons. The predicted octanol–water partition coefficient (Wildman–Crippen LogP) is 4.32. The zero-order valence-corrected chi connectivity index (χ0v) is 16.6. The molecule has 6 nitrogen and oxygen atoms in total. The van der Waals surface area contributed by atoms with Crippen LogP contribution in [0.2, 0.25) is 5.02 Å². The van der Waals surface area contributed by atoms with Gasteiger partial charge in [-0.1, -0.05) is 17.7 Å². The van der Waals surface area contributed by atoms with Gasteiger partial charge in [-0.3, -0.25) is 4.79 Å². The number of hydrogen-bond acceptors (Lipinski definition) is 5. The summed E-state index contributed by atoms with van der Waals surface area (Å²) >= 11 is 6.23. The highest BCUT2D eigenvalue weighted by Gasteiger charge is 2.16. The monoisotopic (exact) mass is 410 g/mol. The van der Waals surface area contributed by atoms with Crippen molar-refractivity contribution in [2.45, 2.75) is 6.61 Å². The number of benzene rings is 2. The molecule has 1 aliphatic heterocycles. The molecule has 2 aromatic carbocycles. The van der Waals surface area contributed by atoms with Crippen LogP contribution < -0.4 is 14.2 Å². The van der Waals surface area contributed by atoms with Crippen molar-refractivity contribution >= 4 is 23.5 Å². The number of allylic oxidation sites excluding steroid dienone is 1. The summed E-state index contributed by atoms with van der Waals surface area (Å²) in [5.41, 5.74) is 1.33. The molecule has 29 heavy (non-hydrogen) atoms. The molecular formula is C22H19ClN2O4. The second-order valence-electron chi connectivity index (χ2n) is 6.49. The third-order valence-corrected chi connectivity index (χ3v) is 4.75. The van der Waals surface area contributed by atoms with Crippen molar-refractivity contribution in [1.82, 2.24) is 9.55 Å². The molecule has 0 unspecified atom stereocenters. The third kappa shape index (κ3) is 4.43. The highest BCUT2D eigenvalue weighted by Crippen LogP contribution is 2.38. The maximum absolute atomic E-state index is 12.5. The number of nitrogens with zero attached hydrogens (tertiary/aromatic N) is 2. The Kier molecular flexibility index (Phi) is 5.53. The van der Waals surface area contributed by atoms with Crippen LogP contribution in [0.3, 0.4) is 0 Å². The van der Waals surface area contributed by atoms with Gasteiger partial charge in [0, 0.05) is 25.0 Å². The van der Waals surface area contributed by atoms with E-state index in [1.54, 1.807) is 48.7 Å². The van der Waals surface area contributed by atoms with Gasteiger partial charge in [-0.15, -0.1) is 0 Å². The van der Waals surface area contributed by atoms with Crippen LogP contribution in [0.4, 0.5) is 0 Å². The molecule has 0 saturated carbocycles. The van der Waals surface area contributed by atoms with Gasteiger partial charge in [-0.2, -0.15) is 0 Å². The average molecular weight is 411 g/mol. The van der Waals surface area contributed by atoms with E-state index >= 15 is 0 Å². The van der Waals surface area contributed by atoms with Gasteiger partial charge in [0.25, 0.3) is 0 Å². The van der Waals surface area contributed by atoms with Crippen LogP contribution >= 0.6 is 11.6 Å². The van der Waals surface area contributed by atoms with Crippen molar-refractivity contribution < 1.29 is 19.0 Å². The van der Waals surface area contributed by atoms with Crippen LogP contribution in [0.1, 0.15) is 21.7 Å². The summed E-state index contributed by atoms with van der Waals surface area (Å²) in [5, 5.41) is 0.462. The topological polar surface area (TPSA) is 62.6 Å². The van der Waals surface area contributed by atoms with Crippen LogP contribution in [0.5, 0.6) is 17.2 Å². The summed E-state index contributed by atoms with van der Waals surface area (Å²) in [7, 11) is 1.91. The van der Waals surface area contributed by atoms with E-state index < -0.39 is 0 Å². The lowest BCUT2D eigenvalue weighted by Crippen LogP contribution is -2.15. The predicted molar refractivity (Wildman–Crippen MR) is 110 cm³/mol. The second-order valence-corrected chi connectivity index (χ2v) is 6.90. The van der Waals surface area contributed by atoms with Crippen LogP contribution in [0.25, 0.3) is 6.08 Å². The normalized spacial score (nSPS) is 12.9. The van der Waals surface area contributed by atoms with Gasteiger partial charge in [0.1, 0.15) is 31.4 Å². The van der Waals surface area contributed by atoms with Crippen molar-refractivity contribution in [2.75, 3.05) is 13.2 Å². The van der Waals surface area contributed by atoms with Gasteiger partial charge in [-0.25, -0.2) is 4.98 Å². The number of aromatic nitrogens is 2. The molecule has 0 fully saturated rings. The van der Waals surface area contributed by atoms with E-state index in [9.17, 15) is 4.79 Å². The Labute approximate surface area is 173 Å². The summed E-state index contributed by atoms with van der Waals surface area (Å²) in [6.07, 6.45) is 6.80. The first-order valence-electron chi connectivity index (χ1n) is 9.11. The van der Waals surface area contributed by atoms with Crippen molar-refractivity contribution in [2.24, 2.45) is 7.05 Å². The summed E-state index contributed by atoms with van der Waals surface area (Å²) < 4.78 is 18.7. The minimum Gasteiger partial charge on any atom is -0.486 e. The largest absolute Gasteiger partial charge is 0.486 e. The van der Waals surface area contributed by atoms with Gasteiger partial charge in [0.05, 0.1) is 5.02 Å². The second kappa shape index (κ2) is 8.41. The molecule has 3 aromatic rings. The maximum Gasteiger partial charge on any atom is 0.185 e. The summed E-state index contributed by atoms with van der Waals surface area (Å²) in [5.74, 6) is 2.51. The molecule has 0 spiro atoms. The summed E-state index contributed by atoms with van der Waals surface area (Å²) in [6.45, 7) is 1.31. The third-order valence-electron chi connectivity index (χ3n) is 4.47. The number of rotatable bonds is 6. The van der Waals surface area contributed by atoms with E-state index in [1.165, 1.54) is 6.08 Å². The Morgan fingerprint density at radius 2 is 2.03 bits per heavy atom. The molecule has 0 atom stereocenters. The number of imidazole rings is 1. The van der Waals surface area contributed by atoms with Gasteiger partial charge in [-0.05, 0) is 48.0 Å². The smallest absolute Gasteiger partial charge is 0.185 e. The number of hydrogen-bond donors (Lipinski definition) is 0. The molecule has 4 rings (SSSR count). The number of carbonyl (C=O) groups excluding carboxylic acids is 1. The average Bonchev–Trinajstić information content (AvgIpc) is 3.15. The fraction of sp³-hybridized carbons (Fsp3) is 0.182. The first-order valence-corrected chi connectivity index (χ1v) is 9.48. The number of ether oxygens (including phenoxy) is 3. The van der Waals surface area contributed by atoms with E-state index in [4.69, 9.17) is 25.8 Å². The molecule has 0 aliphatic carbocycles. The quantitative estimate of drug-likeness (QED) is 0.447. The molecule has 1 aromatic heterocycles. The fourth-order valence-corrected chi connectivity index (χ4v) is 3.17. The summed E-state index contributed by atoms with van der Waals surface area (Å²) in [6, 6.07) is 10.6. The minimum absolute atomic E-state index is 0.119. The minimum atomic E-state index is -0.119. The van der Waals surface area contributed by atoms with E-state index in [-0.39, 0.29) is 5.78 Å². The molecule has 1 aliphatic rings. The Bertz CT molecular complexity index is 1060. The number of halogens is 1. The molecule has 148 valence electrons. The van der Waals surface area contributed by atoms with Crippen LogP contribution in [0.15, 0.2) is 54.9 Å². The Morgan fingerprint density at radius 1 is 1.24 bits per heavy atom. The molecule has 0 saturated heterocycles. The molecule has 0 N–H and O–H groups in total. The van der Waals surface area contributed by atoms with Gasteiger partial charge in [0.15, 0.2) is 17.3 Å². The molecule has 0 amide bonds. The zero-order chi connectivity index (χ0) is 20.2. The van der Waals surface area contributed by atoms with E-state index in [0.29, 0.717) is 47.7 Å². The van der Waals surface area contributed by atoms with Crippen LogP contribution in [-0.4, -0.2) is 28.5 Å². The zero-order valence-electron chi connectivity index (χ0n) is 15.8. The van der Waals surface area contributed by atoms with Crippen molar-refractivity contribution in [3.05, 3.63) is 76.8 Å². The Balaban J connectivity index is 1.40. The van der Waals surface area contributed by atoms with Crippen molar-refractivity contribution in [1.29, 1.82) is 0 Å². The lowest BCUT2D eigenvalue weighted by molar-refractivity contribution is 0.104. The van der Waals surface area contributed by atoms with Crippen molar-refractivity contribution in [3.8, 4) is 17.2 Å². The molecule has 2 heterocycles. The Morgan fingerprint density at radius 3 is 2.79 bits per heavy atom. The highest BCUT2D eigenvalue weighted by molar-refractivity contribution is 6.32. The highest BCUT2D eigenvalue weighted by atomic mass is 35.5. The van der Waals surface area contributed by atoms with E-state index in [0.717, 1.165) is 11.4 Å². The van der Waals surface area contributed by atoms with Crippen molar-refractivity contribution in [3.63, 3.8) is 0 Å². The lowest BCUT2D eigenvalue weighted by atomic mass is 10.1. The van der Waals surface area contributed by atoms with E-state index in [2.05, 4.69) is 4.98 Å². The van der Waals surface area contributed by atoms with Gasteiger partial charge in [0.2, 0.25) is 0 Å². The van der Waals surface area contributed by atoms with Gasteiger partial charge < -0.3 is 18.8 Å². The molecular weight excluding hydrogens is 392 g/mol. The lowest BCUT2D eigenvalue weighted by Gasteiger charge is -2.19. The van der Waals surface area contributed by atoms with Crippen LogP contribution in [0, 0.1) is 0 Å². The van der Waals surface area contributed by atoms with Gasteiger partial charge >= 0.3 is 0 Å². The van der Waals surface area contributed by atoms with E-state index in [1.807, 2.05) is 17.8 Å². The maximum atomic E-state index is 12.5. The first kappa shape index (κ1) is 19.1. The van der Waals surface area contributed by atoms with Crippen LogP contribution in [-0.2, 0) is 13.7 Å². The number of aryl methyl sites for hydroxylation is 1. The SMILES string of the molecule is Cn1ccnc1COc1ccc(C(=O)/C=C/c2cc(Cl)c3c(c2)OCCO3)cc1. The Hall–Kier alpha value is -3.25. The first-order chi connectivity index (χ1) is 14.1. The number of ketones is 1. The molecule has 7 heteroatoms. The molecule has 0 bridgehead atoms. The number of carbonyl (C=O) groups is 1. The fourth-order valence-electron chi connectivity index (χ4n) is 2.89. The number of fused-ring (bicyclic) bond motifs is 1. The summed E-state index contributed by atoms with van der Waals surface area (Å²) in [4.78, 5) is 16.7.